The predicted molar refractivity (Wildman–Crippen MR) is 115 cm³/mol. The molecule has 0 bridgehead atoms. The van der Waals surface area contributed by atoms with Crippen molar-refractivity contribution in [3.05, 3.63) is 47.4 Å². The Balaban J connectivity index is 1.97. The van der Waals surface area contributed by atoms with Gasteiger partial charge in [-0.3, -0.25) is 4.79 Å². The summed E-state index contributed by atoms with van der Waals surface area (Å²) in [6.45, 7) is 12.4. The Labute approximate surface area is 161 Å². The van der Waals surface area contributed by atoms with Crippen molar-refractivity contribution in [1.29, 1.82) is 0 Å². The Morgan fingerprint density at radius 2 is 1.93 bits per heavy atom. The first-order valence-electron chi connectivity index (χ1n) is 9.78. The van der Waals surface area contributed by atoms with Gasteiger partial charge in [0.15, 0.2) is 0 Å². The minimum atomic E-state index is -1.75. The van der Waals surface area contributed by atoms with Crippen molar-refractivity contribution in [3.63, 3.8) is 0 Å². The maximum atomic E-state index is 13.2. The largest absolute Gasteiger partial charge is 0.361 e. The third-order valence-electron chi connectivity index (χ3n) is 5.60. The summed E-state index contributed by atoms with van der Waals surface area (Å²) < 4.78 is 0. The molecule has 27 heavy (non-hydrogen) atoms. The summed E-state index contributed by atoms with van der Waals surface area (Å²) in [5.41, 5.74) is 6.56. The molecule has 0 spiro atoms. The van der Waals surface area contributed by atoms with Crippen LogP contribution in [0.15, 0.2) is 30.5 Å². The van der Waals surface area contributed by atoms with E-state index in [-0.39, 0.29) is 5.91 Å². The van der Waals surface area contributed by atoms with Gasteiger partial charge < -0.3 is 9.88 Å². The summed E-state index contributed by atoms with van der Waals surface area (Å²) in [6, 6.07) is 8.67. The predicted octanol–water partition coefficient (Wildman–Crippen LogP) is 4.16. The van der Waals surface area contributed by atoms with E-state index in [2.05, 4.69) is 55.1 Å². The Kier molecular flexibility index (Phi) is 4.22. The maximum absolute atomic E-state index is 13.2. The van der Waals surface area contributed by atoms with Gasteiger partial charge in [0.05, 0.1) is 13.8 Å². The minimum Gasteiger partial charge on any atom is -0.361 e. The molecule has 2 aromatic heterocycles. The zero-order chi connectivity index (χ0) is 19.3. The van der Waals surface area contributed by atoms with Crippen molar-refractivity contribution >= 4 is 30.1 Å². The number of aromatic nitrogens is 2. The van der Waals surface area contributed by atoms with Crippen LogP contribution in [0, 0.1) is 0 Å². The molecule has 1 aliphatic carbocycles. The van der Waals surface area contributed by atoms with Crippen LogP contribution in [0.5, 0.6) is 0 Å². The third-order valence-corrected chi connectivity index (χ3v) is 7.60. The number of carbonyl (C=O) groups excluding carboxylic acids is 1. The number of pyridine rings is 1. The molecule has 4 rings (SSSR count). The summed E-state index contributed by atoms with van der Waals surface area (Å²) in [4.78, 5) is 23.5. The van der Waals surface area contributed by atoms with Crippen molar-refractivity contribution < 1.29 is 4.79 Å². The molecule has 0 saturated carbocycles. The van der Waals surface area contributed by atoms with Crippen LogP contribution in [-0.4, -0.2) is 41.9 Å². The quantitative estimate of drug-likeness (QED) is 0.543. The molecule has 0 fully saturated rings. The molecule has 0 atom stereocenters. The number of H-pyrrole nitrogens is 1. The van der Waals surface area contributed by atoms with Gasteiger partial charge in [0.2, 0.25) is 0 Å². The molecule has 1 amide bonds. The number of hydrogen-bond donors (Lipinski definition) is 1. The molecule has 5 heteroatoms. The van der Waals surface area contributed by atoms with Crippen LogP contribution >= 0.6 is 0 Å². The number of fused-ring (bicyclic) bond motifs is 2. The summed E-state index contributed by atoms with van der Waals surface area (Å²) in [5, 5.41) is 2.46. The van der Waals surface area contributed by atoms with E-state index in [1.807, 2.05) is 18.7 Å². The van der Waals surface area contributed by atoms with Crippen LogP contribution in [0.3, 0.4) is 0 Å². The van der Waals surface area contributed by atoms with Gasteiger partial charge in [0.25, 0.3) is 5.91 Å². The van der Waals surface area contributed by atoms with Crippen molar-refractivity contribution in [2.75, 3.05) is 13.1 Å². The Morgan fingerprint density at radius 3 is 2.59 bits per heavy atom. The molecule has 0 aliphatic heterocycles. The number of rotatable bonds is 4. The Bertz CT molecular complexity index is 1040. The molecular weight excluding hydrogens is 350 g/mol. The van der Waals surface area contributed by atoms with Crippen LogP contribution in [0.25, 0.3) is 22.0 Å². The van der Waals surface area contributed by atoms with Crippen LogP contribution < -0.4 is 5.19 Å². The topological polar surface area (TPSA) is 49.0 Å². The summed E-state index contributed by atoms with van der Waals surface area (Å²) in [6.07, 6.45) is 2.86. The fourth-order valence-corrected chi connectivity index (χ4v) is 5.57. The second kappa shape index (κ2) is 6.34. The zero-order valence-corrected chi connectivity index (χ0v) is 17.8. The number of carbonyl (C=O) groups is 1. The van der Waals surface area contributed by atoms with E-state index in [4.69, 9.17) is 4.98 Å². The van der Waals surface area contributed by atoms with Crippen molar-refractivity contribution in [2.24, 2.45) is 0 Å². The SMILES string of the molecule is CCN(CC)C(=O)c1nc2c(cc1[Si](C)(C)C)-c1cccc3[nH]cc(c13)C2. The number of benzene rings is 1. The molecule has 1 aliphatic rings. The van der Waals surface area contributed by atoms with Gasteiger partial charge in [0, 0.05) is 42.2 Å². The van der Waals surface area contributed by atoms with Crippen LogP contribution in [0.2, 0.25) is 19.6 Å². The zero-order valence-electron chi connectivity index (χ0n) is 16.8. The standard InChI is InChI=1S/C22H27N3OSi/c1-6-25(7-2)22(26)21-19(27(3,4)5)12-16-15-9-8-10-17-20(15)14(13-23-17)11-18(16)24-21/h8-10,12-13,23H,6-7,11H2,1-5H3. The monoisotopic (exact) mass is 377 g/mol. The molecule has 0 radical (unpaired) electrons. The highest BCUT2D eigenvalue weighted by molar-refractivity contribution is 6.89. The van der Waals surface area contributed by atoms with Gasteiger partial charge in [-0.25, -0.2) is 4.98 Å². The molecule has 1 aromatic carbocycles. The van der Waals surface area contributed by atoms with E-state index in [1.165, 1.54) is 27.6 Å². The average molecular weight is 378 g/mol. The van der Waals surface area contributed by atoms with Crippen molar-refractivity contribution in [1.82, 2.24) is 14.9 Å². The molecule has 0 saturated heterocycles. The molecule has 1 N–H and O–H groups in total. The lowest BCUT2D eigenvalue weighted by Gasteiger charge is -2.27. The lowest BCUT2D eigenvalue weighted by molar-refractivity contribution is 0.0768. The highest BCUT2D eigenvalue weighted by Crippen LogP contribution is 2.38. The molecule has 140 valence electrons. The molecule has 4 nitrogen and oxygen atoms in total. The normalized spacial score (nSPS) is 12.9. The number of aromatic amines is 1. The van der Waals surface area contributed by atoms with Gasteiger partial charge in [-0.15, -0.1) is 0 Å². The summed E-state index contributed by atoms with van der Waals surface area (Å²) in [5.74, 6) is 0.0679. The highest BCUT2D eigenvalue weighted by Gasteiger charge is 2.31. The molecule has 3 aromatic rings. The minimum absolute atomic E-state index is 0.0679. The Hall–Kier alpha value is -2.40. The summed E-state index contributed by atoms with van der Waals surface area (Å²) >= 11 is 0. The first kappa shape index (κ1) is 18.0. The fourth-order valence-electron chi connectivity index (χ4n) is 4.11. The molecular formula is C22H27N3OSi. The second-order valence-corrected chi connectivity index (χ2v) is 13.4. The first-order chi connectivity index (χ1) is 12.8. The maximum Gasteiger partial charge on any atom is 0.272 e. The first-order valence-corrected chi connectivity index (χ1v) is 13.3. The van der Waals surface area contributed by atoms with Gasteiger partial charge in [-0.1, -0.05) is 37.8 Å². The number of nitrogens with one attached hydrogen (secondary N) is 1. The Morgan fingerprint density at radius 1 is 1.19 bits per heavy atom. The van der Waals surface area contributed by atoms with E-state index in [0.29, 0.717) is 18.8 Å². The fraction of sp³-hybridized carbons (Fsp3) is 0.364. The summed E-state index contributed by atoms with van der Waals surface area (Å²) in [7, 11) is -1.75. The van der Waals surface area contributed by atoms with Crippen molar-refractivity contribution in [3.8, 4) is 11.1 Å². The van der Waals surface area contributed by atoms with Gasteiger partial charge in [0.1, 0.15) is 5.69 Å². The van der Waals surface area contributed by atoms with Gasteiger partial charge in [-0.2, -0.15) is 0 Å². The average Bonchev–Trinajstić information content (AvgIpc) is 3.05. The molecule has 2 heterocycles. The van der Waals surface area contributed by atoms with E-state index in [0.717, 1.165) is 17.3 Å². The van der Waals surface area contributed by atoms with Crippen LogP contribution in [0.1, 0.15) is 35.6 Å². The lowest BCUT2D eigenvalue weighted by atomic mass is 9.89. The van der Waals surface area contributed by atoms with Gasteiger partial charge in [-0.05, 0) is 36.2 Å². The smallest absolute Gasteiger partial charge is 0.272 e. The van der Waals surface area contributed by atoms with Crippen LogP contribution in [-0.2, 0) is 6.42 Å². The molecule has 0 unspecified atom stereocenters. The van der Waals surface area contributed by atoms with Crippen molar-refractivity contribution in [2.45, 2.75) is 39.9 Å². The third kappa shape index (κ3) is 2.81. The van der Waals surface area contributed by atoms with E-state index in [9.17, 15) is 4.79 Å². The van der Waals surface area contributed by atoms with E-state index >= 15 is 0 Å². The lowest BCUT2D eigenvalue weighted by Crippen LogP contribution is -2.45. The number of nitrogens with zero attached hydrogens (tertiary/aromatic N) is 2. The van der Waals surface area contributed by atoms with Crippen LogP contribution in [0.4, 0.5) is 0 Å². The van der Waals surface area contributed by atoms with E-state index < -0.39 is 8.07 Å². The second-order valence-electron chi connectivity index (χ2n) is 8.33. The van der Waals surface area contributed by atoms with Gasteiger partial charge >= 0.3 is 0 Å². The van der Waals surface area contributed by atoms with E-state index in [1.54, 1.807) is 0 Å². The highest BCUT2D eigenvalue weighted by atomic mass is 28.3. The number of hydrogen-bond acceptors (Lipinski definition) is 2. The number of amides is 1.